The third kappa shape index (κ3) is 6.64. The van der Waals surface area contributed by atoms with Crippen molar-refractivity contribution in [2.75, 3.05) is 13.2 Å². The van der Waals surface area contributed by atoms with Crippen molar-refractivity contribution in [2.45, 2.75) is 44.9 Å². The van der Waals surface area contributed by atoms with Crippen LogP contribution in [-0.2, 0) is 11.2 Å². The minimum absolute atomic E-state index is 0.0365. The van der Waals surface area contributed by atoms with E-state index < -0.39 is 29.6 Å². The van der Waals surface area contributed by atoms with Gasteiger partial charge in [-0.1, -0.05) is 78.9 Å². The number of halogens is 1. The lowest BCUT2D eigenvalue weighted by Gasteiger charge is -2.28. The highest BCUT2D eigenvalue weighted by Gasteiger charge is 2.25. The van der Waals surface area contributed by atoms with Gasteiger partial charge in [0.1, 0.15) is 5.82 Å². The monoisotopic (exact) mass is 515 g/mol. The smallest absolute Gasteiger partial charge is 0.338 e. The molecule has 38 heavy (non-hydrogen) atoms. The van der Waals surface area contributed by atoms with Crippen LogP contribution < -0.4 is 5.32 Å². The number of aliphatic hydroxyl groups excluding tert-OH is 1. The van der Waals surface area contributed by atoms with Gasteiger partial charge in [0.2, 0.25) is 0 Å². The molecule has 198 valence electrons. The van der Waals surface area contributed by atoms with E-state index in [2.05, 4.69) is 49.5 Å². The van der Waals surface area contributed by atoms with E-state index in [9.17, 15) is 15.0 Å². The molecule has 0 fully saturated rings. The Bertz CT molecular complexity index is 1400. The first kappa shape index (κ1) is 27.5. The maximum absolute atomic E-state index is 15.3. The number of fused-ring (bicyclic) bond motifs is 1. The Morgan fingerprint density at radius 1 is 0.974 bits per heavy atom. The minimum Gasteiger partial charge on any atom is -0.478 e. The first-order valence-corrected chi connectivity index (χ1v) is 12.8. The zero-order valence-electron chi connectivity index (χ0n) is 21.9. The summed E-state index contributed by atoms with van der Waals surface area (Å²) in [6.07, 6.45) is -0.834. The maximum Gasteiger partial charge on any atom is 0.338 e. The Labute approximate surface area is 222 Å². The number of aliphatic hydroxyl groups is 1. The van der Waals surface area contributed by atoms with E-state index in [1.165, 1.54) is 22.4 Å². The van der Waals surface area contributed by atoms with Crippen molar-refractivity contribution in [3.05, 3.63) is 107 Å². The Hall–Kier alpha value is -3.58. The average Bonchev–Trinajstić information content (AvgIpc) is 2.90. The summed E-state index contributed by atoms with van der Waals surface area (Å²) in [5.74, 6) is -2.16. The Morgan fingerprint density at radius 2 is 1.66 bits per heavy atom. The summed E-state index contributed by atoms with van der Waals surface area (Å²) in [6.45, 7) is 6.08. The van der Waals surface area contributed by atoms with Crippen molar-refractivity contribution in [1.29, 1.82) is 0 Å². The molecule has 0 radical (unpaired) electrons. The van der Waals surface area contributed by atoms with Crippen molar-refractivity contribution in [3.8, 4) is 11.1 Å². The second kappa shape index (κ2) is 11.9. The van der Waals surface area contributed by atoms with E-state index in [-0.39, 0.29) is 24.3 Å². The van der Waals surface area contributed by atoms with Gasteiger partial charge in [-0.25, -0.2) is 9.18 Å². The molecule has 3 N–H and O–H groups in total. The molecule has 1 unspecified atom stereocenters. The van der Waals surface area contributed by atoms with E-state index in [0.717, 1.165) is 12.0 Å². The zero-order valence-corrected chi connectivity index (χ0v) is 21.9. The molecule has 0 heterocycles. The molecule has 0 saturated carbocycles. The van der Waals surface area contributed by atoms with Gasteiger partial charge in [0.25, 0.3) is 0 Å². The van der Waals surface area contributed by atoms with Crippen LogP contribution in [0.3, 0.4) is 0 Å². The van der Waals surface area contributed by atoms with Crippen LogP contribution in [0.15, 0.2) is 84.9 Å². The summed E-state index contributed by atoms with van der Waals surface area (Å²) in [5, 5.41) is 25.9. The third-order valence-electron chi connectivity index (χ3n) is 6.72. The van der Waals surface area contributed by atoms with Crippen LogP contribution >= 0.6 is 0 Å². The molecule has 0 bridgehead atoms. The van der Waals surface area contributed by atoms with E-state index in [4.69, 9.17) is 4.74 Å². The van der Waals surface area contributed by atoms with Gasteiger partial charge in [0.05, 0.1) is 24.4 Å². The van der Waals surface area contributed by atoms with Gasteiger partial charge >= 0.3 is 5.97 Å². The Kier molecular flexibility index (Phi) is 8.57. The second-order valence-corrected chi connectivity index (χ2v) is 10.3. The molecule has 0 aliphatic rings. The molecule has 0 aliphatic carbocycles. The van der Waals surface area contributed by atoms with Gasteiger partial charge in [0, 0.05) is 17.6 Å². The van der Waals surface area contributed by atoms with Crippen molar-refractivity contribution in [1.82, 2.24) is 5.32 Å². The van der Waals surface area contributed by atoms with E-state index in [1.807, 2.05) is 42.5 Å². The topological polar surface area (TPSA) is 78.8 Å². The van der Waals surface area contributed by atoms with Crippen LogP contribution in [0.1, 0.15) is 48.4 Å². The summed E-state index contributed by atoms with van der Waals surface area (Å²) in [4.78, 5) is 11.6. The van der Waals surface area contributed by atoms with Gasteiger partial charge in [-0.15, -0.1) is 0 Å². The molecule has 4 aromatic rings. The SMILES string of the molecule is CC(OC[C@@H](O)CNC(C)(C)Cc1ccc2ccccc2c1)c1c(-c2ccccc2)ccc(C(=O)O)c1F. The number of β-amino-alcohol motifs (C(OH)–C–C–N with tert-alkyl or cyclic N) is 1. The fraction of sp³-hybridized carbons (Fsp3) is 0.281. The summed E-state index contributed by atoms with van der Waals surface area (Å²) in [6, 6.07) is 26.7. The van der Waals surface area contributed by atoms with Crippen LogP contribution in [0.2, 0.25) is 0 Å². The number of rotatable bonds is 11. The number of carboxylic acid groups (broad SMARTS) is 1. The van der Waals surface area contributed by atoms with E-state index in [1.54, 1.807) is 13.0 Å². The normalized spacial score (nSPS) is 13.4. The van der Waals surface area contributed by atoms with Crippen molar-refractivity contribution in [2.24, 2.45) is 0 Å². The molecule has 4 aromatic carbocycles. The lowest BCUT2D eigenvalue weighted by Crippen LogP contribution is -2.46. The maximum atomic E-state index is 15.3. The quantitative estimate of drug-likeness (QED) is 0.216. The molecule has 0 saturated heterocycles. The first-order valence-electron chi connectivity index (χ1n) is 12.8. The van der Waals surface area contributed by atoms with E-state index in [0.29, 0.717) is 5.56 Å². The summed E-state index contributed by atoms with van der Waals surface area (Å²) in [7, 11) is 0. The van der Waals surface area contributed by atoms with Crippen LogP contribution in [0, 0.1) is 5.82 Å². The molecule has 4 rings (SSSR count). The number of hydrogen-bond donors (Lipinski definition) is 3. The lowest BCUT2D eigenvalue weighted by molar-refractivity contribution is -0.00526. The fourth-order valence-electron chi connectivity index (χ4n) is 4.74. The second-order valence-electron chi connectivity index (χ2n) is 10.3. The van der Waals surface area contributed by atoms with Crippen molar-refractivity contribution < 1.29 is 24.1 Å². The average molecular weight is 516 g/mol. The number of carboxylic acids is 1. The van der Waals surface area contributed by atoms with Gasteiger partial charge in [-0.3, -0.25) is 0 Å². The van der Waals surface area contributed by atoms with Gasteiger partial charge in [-0.05, 0) is 60.7 Å². The van der Waals surface area contributed by atoms with Crippen LogP contribution in [0.25, 0.3) is 21.9 Å². The van der Waals surface area contributed by atoms with Crippen LogP contribution in [-0.4, -0.2) is 41.0 Å². The Morgan fingerprint density at radius 3 is 2.37 bits per heavy atom. The number of carbonyl (C=O) groups is 1. The molecule has 2 atom stereocenters. The summed E-state index contributed by atoms with van der Waals surface area (Å²) >= 11 is 0. The summed E-state index contributed by atoms with van der Waals surface area (Å²) < 4.78 is 21.2. The fourth-order valence-corrected chi connectivity index (χ4v) is 4.74. The molecule has 0 aromatic heterocycles. The molecule has 0 amide bonds. The standard InChI is InChI=1S/C32H34FNO4/c1-21(29-27(24-10-5-4-6-11-24)15-16-28(30(29)33)31(36)37)38-20-26(35)19-34-32(2,3)18-22-13-14-23-9-7-8-12-25(23)17-22/h4-17,21,26,34-35H,18-20H2,1-3H3,(H,36,37)/t21?,26-/m0/s1. The third-order valence-corrected chi connectivity index (χ3v) is 6.72. The van der Waals surface area contributed by atoms with Gasteiger partial charge < -0.3 is 20.3 Å². The van der Waals surface area contributed by atoms with Gasteiger partial charge in [-0.2, -0.15) is 0 Å². The van der Waals surface area contributed by atoms with Crippen LogP contribution in [0.4, 0.5) is 4.39 Å². The number of aromatic carboxylic acids is 1. The molecule has 0 aliphatic heterocycles. The number of hydrogen-bond acceptors (Lipinski definition) is 4. The largest absolute Gasteiger partial charge is 0.478 e. The molecular formula is C32H34FNO4. The van der Waals surface area contributed by atoms with Crippen molar-refractivity contribution >= 4 is 16.7 Å². The molecular weight excluding hydrogens is 481 g/mol. The Balaban J connectivity index is 1.39. The highest BCUT2D eigenvalue weighted by Crippen LogP contribution is 2.34. The number of ether oxygens (including phenoxy) is 1. The summed E-state index contributed by atoms with van der Waals surface area (Å²) in [5.41, 5.74) is 1.98. The van der Waals surface area contributed by atoms with E-state index >= 15 is 4.39 Å². The number of benzene rings is 4. The zero-order chi connectivity index (χ0) is 27.3. The molecule has 0 spiro atoms. The van der Waals surface area contributed by atoms with Crippen molar-refractivity contribution in [3.63, 3.8) is 0 Å². The lowest BCUT2D eigenvalue weighted by atomic mass is 9.93. The minimum atomic E-state index is -1.34. The van der Waals surface area contributed by atoms with Crippen LogP contribution in [0.5, 0.6) is 0 Å². The first-order chi connectivity index (χ1) is 18.1. The highest BCUT2D eigenvalue weighted by molar-refractivity contribution is 5.89. The predicted octanol–water partition coefficient (Wildman–Crippen LogP) is 6.39. The van der Waals surface area contributed by atoms with Gasteiger partial charge in [0.15, 0.2) is 0 Å². The highest BCUT2D eigenvalue weighted by atomic mass is 19.1. The predicted molar refractivity (Wildman–Crippen MR) is 149 cm³/mol. The molecule has 5 nitrogen and oxygen atoms in total. The number of nitrogens with one attached hydrogen (secondary N) is 1. The molecule has 6 heteroatoms.